The molecular formula is C11H14N4. The Kier molecular flexibility index (Phi) is 2.09. The van der Waals surface area contributed by atoms with Crippen molar-refractivity contribution < 1.29 is 0 Å². The van der Waals surface area contributed by atoms with Crippen LogP contribution >= 0.6 is 0 Å². The Hall–Kier alpha value is -1.67. The van der Waals surface area contributed by atoms with Crippen molar-refractivity contribution in [3.05, 3.63) is 34.2 Å². The molecule has 0 radical (unpaired) electrons. The molecule has 4 nitrogen and oxygen atoms in total. The highest BCUT2D eigenvalue weighted by Crippen LogP contribution is 2.41. The van der Waals surface area contributed by atoms with E-state index in [9.17, 15) is 0 Å². The molecule has 2 rings (SSSR count). The molecular weight excluding hydrogens is 188 g/mol. The van der Waals surface area contributed by atoms with Crippen molar-refractivity contribution in [1.82, 2.24) is 0 Å². The highest BCUT2D eigenvalue weighted by atomic mass is 15.1. The van der Waals surface area contributed by atoms with Gasteiger partial charge in [-0.05, 0) is 23.2 Å². The van der Waals surface area contributed by atoms with Crippen molar-refractivity contribution in [3.63, 3.8) is 0 Å². The molecule has 0 aromatic heterocycles. The number of fused-ring (bicyclic) bond motifs is 1. The zero-order chi connectivity index (χ0) is 11.1. The van der Waals surface area contributed by atoms with Crippen LogP contribution in [0, 0.1) is 0 Å². The van der Waals surface area contributed by atoms with Crippen molar-refractivity contribution >= 4 is 11.4 Å². The van der Waals surface area contributed by atoms with E-state index in [4.69, 9.17) is 5.53 Å². The molecule has 0 saturated carbocycles. The highest BCUT2D eigenvalue weighted by Gasteiger charge is 2.33. The molecule has 0 aliphatic carbocycles. The fourth-order valence-electron chi connectivity index (χ4n) is 2.28. The summed E-state index contributed by atoms with van der Waals surface area (Å²) in [7, 11) is 2.08. The summed E-state index contributed by atoms with van der Waals surface area (Å²) < 4.78 is 0. The van der Waals surface area contributed by atoms with Gasteiger partial charge in [0.1, 0.15) is 0 Å². The molecule has 1 aromatic rings. The van der Waals surface area contributed by atoms with E-state index in [1.807, 2.05) is 18.2 Å². The molecule has 0 atom stereocenters. The van der Waals surface area contributed by atoms with Gasteiger partial charge in [0.05, 0.1) is 0 Å². The summed E-state index contributed by atoms with van der Waals surface area (Å²) in [4.78, 5) is 5.04. The Bertz CT molecular complexity index is 444. The van der Waals surface area contributed by atoms with Crippen LogP contribution in [0.3, 0.4) is 0 Å². The van der Waals surface area contributed by atoms with Crippen LogP contribution < -0.4 is 4.90 Å². The number of hydrogen-bond acceptors (Lipinski definition) is 2. The van der Waals surface area contributed by atoms with Gasteiger partial charge in [-0.3, -0.25) is 0 Å². The van der Waals surface area contributed by atoms with Crippen LogP contribution in [-0.2, 0) is 5.41 Å². The van der Waals surface area contributed by atoms with E-state index in [0.29, 0.717) is 5.69 Å². The summed E-state index contributed by atoms with van der Waals surface area (Å²) in [6.45, 7) is 5.41. The second-order valence-corrected chi connectivity index (χ2v) is 4.63. The van der Waals surface area contributed by atoms with E-state index in [2.05, 4.69) is 35.8 Å². The van der Waals surface area contributed by atoms with Crippen molar-refractivity contribution in [2.45, 2.75) is 19.3 Å². The molecule has 1 heterocycles. The molecule has 15 heavy (non-hydrogen) atoms. The van der Waals surface area contributed by atoms with Crippen LogP contribution in [0.2, 0.25) is 0 Å². The molecule has 1 aliphatic rings. The predicted octanol–water partition coefficient (Wildman–Crippen LogP) is 3.36. The standard InChI is InChI=1S/C11H14N4/c1-11(2)7-15(3)10-5-4-8(13-14-12)6-9(10)11/h4-6H,7H2,1-3H3. The van der Waals surface area contributed by atoms with Gasteiger partial charge in [-0.1, -0.05) is 25.0 Å². The third kappa shape index (κ3) is 1.53. The Morgan fingerprint density at radius 3 is 2.87 bits per heavy atom. The largest absolute Gasteiger partial charge is 0.373 e. The van der Waals surface area contributed by atoms with Gasteiger partial charge in [0.2, 0.25) is 0 Å². The third-order valence-corrected chi connectivity index (χ3v) is 2.91. The quantitative estimate of drug-likeness (QED) is 0.391. The molecule has 78 valence electrons. The highest BCUT2D eigenvalue weighted by molar-refractivity contribution is 5.65. The van der Waals surface area contributed by atoms with Crippen LogP contribution in [0.5, 0.6) is 0 Å². The smallest absolute Gasteiger partial charge is 0.0402 e. The Labute approximate surface area is 89.1 Å². The Morgan fingerprint density at radius 2 is 2.20 bits per heavy atom. The molecule has 0 fully saturated rings. The topological polar surface area (TPSA) is 52.0 Å². The number of likely N-dealkylation sites (N-methyl/N-ethyl adjacent to an activating group) is 1. The van der Waals surface area contributed by atoms with Gasteiger partial charge in [-0.15, -0.1) is 0 Å². The maximum Gasteiger partial charge on any atom is 0.0402 e. The Morgan fingerprint density at radius 1 is 1.47 bits per heavy atom. The second-order valence-electron chi connectivity index (χ2n) is 4.63. The number of anilines is 1. The lowest BCUT2D eigenvalue weighted by Crippen LogP contribution is -2.24. The first kappa shape index (κ1) is 9.87. The average molecular weight is 202 g/mol. The van der Waals surface area contributed by atoms with E-state index in [0.717, 1.165) is 6.54 Å². The first-order valence-corrected chi connectivity index (χ1v) is 4.95. The Balaban J connectivity index is 2.57. The van der Waals surface area contributed by atoms with Gasteiger partial charge in [0, 0.05) is 35.3 Å². The summed E-state index contributed by atoms with van der Waals surface area (Å²) in [6, 6.07) is 5.86. The third-order valence-electron chi connectivity index (χ3n) is 2.91. The molecule has 0 N–H and O–H groups in total. The summed E-state index contributed by atoms with van der Waals surface area (Å²) in [6.07, 6.45) is 0. The predicted molar refractivity (Wildman–Crippen MR) is 61.5 cm³/mol. The van der Waals surface area contributed by atoms with E-state index in [-0.39, 0.29) is 5.41 Å². The summed E-state index contributed by atoms with van der Waals surface area (Å²) in [5.41, 5.74) is 11.7. The monoisotopic (exact) mass is 202 g/mol. The van der Waals surface area contributed by atoms with Crippen LogP contribution in [-0.4, -0.2) is 13.6 Å². The van der Waals surface area contributed by atoms with Gasteiger partial charge in [-0.2, -0.15) is 0 Å². The van der Waals surface area contributed by atoms with Crippen molar-refractivity contribution in [2.75, 3.05) is 18.5 Å². The second kappa shape index (κ2) is 3.17. The molecule has 4 heteroatoms. The summed E-state index contributed by atoms with van der Waals surface area (Å²) in [5.74, 6) is 0. The average Bonchev–Trinajstić information content (AvgIpc) is 2.38. The van der Waals surface area contributed by atoms with E-state index in [1.165, 1.54) is 11.3 Å². The number of azide groups is 1. The van der Waals surface area contributed by atoms with Gasteiger partial charge in [-0.25, -0.2) is 0 Å². The molecule has 1 aliphatic heterocycles. The summed E-state index contributed by atoms with van der Waals surface area (Å²) in [5, 5.41) is 3.64. The molecule has 0 spiro atoms. The first-order chi connectivity index (χ1) is 7.04. The van der Waals surface area contributed by atoms with Gasteiger partial charge < -0.3 is 4.90 Å². The van der Waals surface area contributed by atoms with Crippen LogP contribution in [0.15, 0.2) is 23.3 Å². The minimum Gasteiger partial charge on any atom is -0.373 e. The molecule has 0 amide bonds. The maximum absolute atomic E-state index is 8.40. The lowest BCUT2D eigenvalue weighted by atomic mass is 9.87. The minimum atomic E-state index is 0.130. The van der Waals surface area contributed by atoms with Crippen molar-refractivity contribution in [2.24, 2.45) is 5.11 Å². The lowest BCUT2D eigenvalue weighted by Gasteiger charge is -2.18. The van der Waals surface area contributed by atoms with Gasteiger partial charge in [0.15, 0.2) is 0 Å². The van der Waals surface area contributed by atoms with Crippen LogP contribution in [0.1, 0.15) is 19.4 Å². The van der Waals surface area contributed by atoms with E-state index < -0.39 is 0 Å². The van der Waals surface area contributed by atoms with E-state index in [1.54, 1.807) is 0 Å². The number of nitrogens with zero attached hydrogens (tertiary/aromatic N) is 4. The fraction of sp³-hybridized carbons (Fsp3) is 0.455. The number of benzene rings is 1. The first-order valence-electron chi connectivity index (χ1n) is 4.95. The zero-order valence-corrected chi connectivity index (χ0v) is 9.23. The SMILES string of the molecule is CN1CC(C)(C)c2cc(N=[N+]=[N-])ccc21. The lowest BCUT2D eigenvalue weighted by molar-refractivity contribution is 0.563. The van der Waals surface area contributed by atoms with Crippen molar-refractivity contribution in [1.29, 1.82) is 0 Å². The van der Waals surface area contributed by atoms with Crippen molar-refractivity contribution in [3.8, 4) is 0 Å². The maximum atomic E-state index is 8.40. The van der Waals surface area contributed by atoms with Crippen LogP contribution in [0.25, 0.3) is 10.4 Å². The minimum absolute atomic E-state index is 0.130. The van der Waals surface area contributed by atoms with Gasteiger partial charge >= 0.3 is 0 Å². The van der Waals surface area contributed by atoms with E-state index >= 15 is 0 Å². The molecule has 0 saturated heterocycles. The molecule has 0 bridgehead atoms. The number of rotatable bonds is 1. The van der Waals surface area contributed by atoms with Crippen LogP contribution in [0.4, 0.5) is 11.4 Å². The zero-order valence-electron chi connectivity index (χ0n) is 9.23. The molecule has 1 aromatic carbocycles. The number of hydrogen-bond donors (Lipinski definition) is 0. The fourth-order valence-corrected chi connectivity index (χ4v) is 2.28. The summed E-state index contributed by atoms with van der Waals surface area (Å²) >= 11 is 0. The van der Waals surface area contributed by atoms with Gasteiger partial charge in [0.25, 0.3) is 0 Å². The molecule has 0 unspecified atom stereocenters. The normalized spacial score (nSPS) is 17.1.